The standard InChI is InChI=1S/C15H12N4O3S/c16-10-11(9-13-3-1-2-8-18-13)15(20)19-12-4-6-14(7-5-12)23(17,21)22/h1-9H,(H,19,20)(H2,17,21,22). The number of hydrogen-bond donors (Lipinski definition) is 2. The molecule has 1 aromatic carbocycles. The summed E-state index contributed by atoms with van der Waals surface area (Å²) in [7, 11) is -3.79. The molecule has 0 saturated heterocycles. The molecule has 8 heteroatoms. The zero-order valence-electron chi connectivity index (χ0n) is 11.8. The van der Waals surface area contributed by atoms with Crippen LogP contribution in [0.1, 0.15) is 5.69 Å². The smallest absolute Gasteiger partial charge is 0.266 e. The number of anilines is 1. The predicted octanol–water partition coefficient (Wildman–Crippen LogP) is 1.27. The van der Waals surface area contributed by atoms with Crippen molar-refractivity contribution < 1.29 is 13.2 Å². The number of nitrogens with zero attached hydrogens (tertiary/aromatic N) is 2. The van der Waals surface area contributed by atoms with Gasteiger partial charge in [-0.25, -0.2) is 13.6 Å². The van der Waals surface area contributed by atoms with Crippen molar-refractivity contribution in [3.05, 3.63) is 59.9 Å². The van der Waals surface area contributed by atoms with Crippen molar-refractivity contribution in [1.82, 2.24) is 4.98 Å². The normalized spacial score (nSPS) is 11.6. The molecule has 0 aliphatic heterocycles. The third kappa shape index (κ3) is 4.47. The summed E-state index contributed by atoms with van der Waals surface area (Å²) in [4.78, 5) is 16.0. The molecule has 0 aliphatic rings. The zero-order valence-corrected chi connectivity index (χ0v) is 12.6. The fourth-order valence-electron chi connectivity index (χ4n) is 1.68. The van der Waals surface area contributed by atoms with Gasteiger partial charge in [-0.3, -0.25) is 9.78 Å². The van der Waals surface area contributed by atoms with Gasteiger partial charge in [0.1, 0.15) is 11.6 Å². The molecule has 0 atom stereocenters. The molecule has 3 N–H and O–H groups in total. The average Bonchev–Trinajstić information content (AvgIpc) is 2.53. The van der Waals surface area contributed by atoms with Crippen LogP contribution in [-0.4, -0.2) is 19.3 Å². The molecule has 1 amide bonds. The topological polar surface area (TPSA) is 126 Å². The van der Waals surface area contributed by atoms with Crippen LogP contribution in [0.5, 0.6) is 0 Å². The molecule has 2 aromatic rings. The largest absolute Gasteiger partial charge is 0.321 e. The van der Waals surface area contributed by atoms with Crippen molar-refractivity contribution in [2.45, 2.75) is 4.90 Å². The quantitative estimate of drug-likeness (QED) is 0.645. The maximum Gasteiger partial charge on any atom is 0.266 e. The van der Waals surface area contributed by atoms with E-state index in [1.807, 2.05) is 0 Å². The number of hydrogen-bond acceptors (Lipinski definition) is 5. The molecule has 0 unspecified atom stereocenters. The SMILES string of the molecule is N#CC(=Cc1ccccn1)C(=O)Nc1ccc(S(N)(=O)=O)cc1. The highest BCUT2D eigenvalue weighted by molar-refractivity contribution is 7.89. The van der Waals surface area contributed by atoms with E-state index in [9.17, 15) is 13.2 Å². The van der Waals surface area contributed by atoms with E-state index in [1.54, 1.807) is 30.5 Å². The first-order valence-electron chi connectivity index (χ1n) is 6.37. The monoisotopic (exact) mass is 328 g/mol. The molecule has 1 aromatic heterocycles. The Morgan fingerprint density at radius 3 is 2.43 bits per heavy atom. The van der Waals surface area contributed by atoms with Crippen LogP contribution in [0.2, 0.25) is 0 Å². The third-order valence-electron chi connectivity index (χ3n) is 2.79. The van der Waals surface area contributed by atoms with E-state index in [0.717, 1.165) is 0 Å². The zero-order chi connectivity index (χ0) is 16.9. The molecular weight excluding hydrogens is 316 g/mol. The van der Waals surface area contributed by atoms with Crippen LogP contribution in [0, 0.1) is 11.3 Å². The molecule has 23 heavy (non-hydrogen) atoms. The third-order valence-corrected chi connectivity index (χ3v) is 3.72. The lowest BCUT2D eigenvalue weighted by Crippen LogP contribution is -2.14. The summed E-state index contributed by atoms with van der Waals surface area (Å²) in [5.41, 5.74) is 0.688. The number of nitrogens with one attached hydrogen (secondary N) is 1. The number of pyridine rings is 1. The number of rotatable bonds is 4. The first kappa shape index (κ1) is 16.4. The Morgan fingerprint density at radius 1 is 1.22 bits per heavy atom. The van der Waals surface area contributed by atoms with E-state index in [1.165, 1.54) is 30.3 Å². The second-order valence-corrected chi connectivity index (χ2v) is 6.01. The first-order chi connectivity index (χ1) is 10.9. The number of sulfonamides is 1. The summed E-state index contributed by atoms with van der Waals surface area (Å²) in [6.07, 6.45) is 2.90. The average molecular weight is 328 g/mol. The van der Waals surface area contributed by atoms with Gasteiger partial charge >= 0.3 is 0 Å². The highest BCUT2D eigenvalue weighted by Gasteiger charge is 2.11. The summed E-state index contributed by atoms with van der Waals surface area (Å²) in [5.74, 6) is -0.624. The van der Waals surface area contributed by atoms with Gasteiger partial charge in [0.2, 0.25) is 10.0 Å². The number of nitriles is 1. The minimum Gasteiger partial charge on any atom is -0.321 e. The number of nitrogens with two attached hydrogens (primary N) is 1. The van der Waals surface area contributed by atoms with E-state index >= 15 is 0 Å². The lowest BCUT2D eigenvalue weighted by atomic mass is 10.2. The van der Waals surface area contributed by atoms with Crippen LogP contribution in [0.4, 0.5) is 5.69 Å². The summed E-state index contributed by atoms with van der Waals surface area (Å²) in [5, 5.41) is 16.6. The second kappa shape index (κ2) is 6.83. The molecule has 7 nitrogen and oxygen atoms in total. The van der Waals surface area contributed by atoms with E-state index in [0.29, 0.717) is 11.4 Å². The molecule has 0 fully saturated rings. The molecule has 0 spiro atoms. The Bertz CT molecular complexity index is 883. The van der Waals surface area contributed by atoms with Gasteiger partial charge in [0.05, 0.1) is 10.6 Å². The van der Waals surface area contributed by atoms with E-state index in [2.05, 4.69) is 10.3 Å². The van der Waals surface area contributed by atoms with Crippen LogP contribution < -0.4 is 10.5 Å². The van der Waals surface area contributed by atoms with E-state index in [4.69, 9.17) is 10.4 Å². The van der Waals surface area contributed by atoms with Gasteiger partial charge in [-0.05, 0) is 42.5 Å². The van der Waals surface area contributed by atoms with Gasteiger partial charge in [-0.1, -0.05) is 6.07 Å². The first-order valence-corrected chi connectivity index (χ1v) is 7.92. The lowest BCUT2D eigenvalue weighted by Gasteiger charge is -2.05. The van der Waals surface area contributed by atoms with E-state index in [-0.39, 0.29) is 10.5 Å². The number of benzene rings is 1. The maximum atomic E-state index is 12.1. The number of primary sulfonamides is 1. The molecular formula is C15H12N4O3S. The van der Waals surface area contributed by atoms with Crippen LogP contribution in [0.3, 0.4) is 0 Å². The van der Waals surface area contributed by atoms with Gasteiger partial charge in [0.25, 0.3) is 5.91 Å². The molecule has 0 radical (unpaired) electrons. The van der Waals surface area contributed by atoms with Gasteiger partial charge < -0.3 is 5.32 Å². The van der Waals surface area contributed by atoms with Gasteiger partial charge in [0.15, 0.2) is 0 Å². The highest BCUT2D eigenvalue weighted by Crippen LogP contribution is 2.14. The van der Waals surface area contributed by atoms with Crippen LogP contribution in [-0.2, 0) is 14.8 Å². The minimum absolute atomic E-state index is 0.0694. The highest BCUT2D eigenvalue weighted by atomic mass is 32.2. The van der Waals surface area contributed by atoms with Crippen molar-refractivity contribution >= 4 is 27.7 Å². The fourth-order valence-corrected chi connectivity index (χ4v) is 2.20. The van der Waals surface area contributed by atoms with Gasteiger partial charge in [-0.2, -0.15) is 5.26 Å². The summed E-state index contributed by atoms with van der Waals surface area (Å²) in [6.45, 7) is 0. The van der Waals surface area contributed by atoms with Crippen molar-refractivity contribution in [1.29, 1.82) is 5.26 Å². The van der Waals surface area contributed by atoms with Crippen molar-refractivity contribution in [2.75, 3.05) is 5.32 Å². The summed E-state index contributed by atoms with van der Waals surface area (Å²) < 4.78 is 22.3. The van der Waals surface area contributed by atoms with Crippen LogP contribution in [0.15, 0.2) is 59.1 Å². The van der Waals surface area contributed by atoms with Crippen LogP contribution in [0.25, 0.3) is 6.08 Å². The number of carbonyl (C=O) groups excluding carboxylic acids is 1. The van der Waals surface area contributed by atoms with Crippen molar-refractivity contribution in [2.24, 2.45) is 5.14 Å². The Kier molecular flexibility index (Phi) is 4.85. The Labute approximate surface area is 133 Å². The molecule has 0 bridgehead atoms. The molecule has 1 heterocycles. The number of aromatic nitrogens is 1. The van der Waals surface area contributed by atoms with Gasteiger partial charge in [0, 0.05) is 11.9 Å². The summed E-state index contributed by atoms with van der Waals surface area (Å²) in [6, 6.07) is 12.2. The van der Waals surface area contributed by atoms with E-state index < -0.39 is 15.9 Å². The second-order valence-electron chi connectivity index (χ2n) is 4.45. The minimum atomic E-state index is -3.79. The van der Waals surface area contributed by atoms with Crippen LogP contribution >= 0.6 is 0 Å². The number of amides is 1. The molecule has 0 aliphatic carbocycles. The summed E-state index contributed by atoms with van der Waals surface area (Å²) >= 11 is 0. The Hall–Kier alpha value is -3.02. The van der Waals surface area contributed by atoms with Crippen molar-refractivity contribution in [3.63, 3.8) is 0 Å². The lowest BCUT2D eigenvalue weighted by molar-refractivity contribution is -0.112. The van der Waals surface area contributed by atoms with Gasteiger partial charge in [-0.15, -0.1) is 0 Å². The Morgan fingerprint density at radius 2 is 1.91 bits per heavy atom. The predicted molar refractivity (Wildman–Crippen MR) is 84.3 cm³/mol. The van der Waals surface area contributed by atoms with Crippen molar-refractivity contribution in [3.8, 4) is 6.07 Å². The molecule has 116 valence electrons. The Balaban J connectivity index is 2.18. The fraction of sp³-hybridized carbons (Fsp3) is 0. The molecule has 0 saturated carbocycles. The number of carbonyl (C=O) groups is 1. The molecule has 2 rings (SSSR count). The maximum absolute atomic E-state index is 12.1.